The smallest absolute Gasteiger partial charge is 0.238 e. The maximum atomic E-state index is 5.51. The summed E-state index contributed by atoms with van der Waals surface area (Å²) in [4.78, 5) is 16.3. The van der Waals surface area contributed by atoms with E-state index < -0.39 is 0 Å². The molecule has 0 saturated heterocycles. The molecular weight excluding hydrogens is 773 g/mol. The van der Waals surface area contributed by atoms with Crippen LogP contribution in [0.15, 0.2) is 194 Å². The number of nitrogens with zero attached hydrogens (tertiary/aromatic N) is 4. The van der Waals surface area contributed by atoms with Gasteiger partial charge in [-0.1, -0.05) is 184 Å². The van der Waals surface area contributed by atoms with E-state index in [0.29, 0.717) is 17.6 Å². The van der Waals surface area contributed by atoms with Crippen LogP contribution in [0.3, 0.4) is 0 Å². The SMILES string of the molecule is CC.c1ccc2cc(-c3nc(-c4ccc5ccccc5c4)nc(-n4c5c(-c6cccc7sc8ccccc8c67)cccc5c5c6ccccc6c6ccccc6c54)n3)ccc2c1. The molecule has 0 unspecified atom stereocenters. The minimum absolute atomic E-state index is 0.576. The summed E-state index contributed by atoms with van der Waals surface area (Å²) in [6.07, 6.45) is 0. The average Bonchev–Trinajstić information content (AvgIpc) is 3.91. The van der Waals surface area contributed by atoms with Gasteiger partial charge in [0.15, 0.2) is 11.6 Å². The fourth-order valence-corrected chi connectivity index (χ4v) is 10.7. The monoisotopic (exact) mass is 810 g/mol. The molecule has 0 N–H and O–H groups in total. The zero-order valence-corrected chi connectivity index (χ0v) is 35.0. The molecule has 0 aliphatic heterocycles. The van der Waals surface area contributed by atoms with E-state index in [2.05, 4.69) is 199 Å². The third-order valence-corrected chi connectivity index (χ3v) is 13.3. The van der Waals surface area contributed by atoms with Crippen LogP contribution in [0.25, 0.3) is 125 Å². The highest BCUT2D eigenvalue weighted by molar-refractivity contribution is 7.25. The van der Waals surface area contributed by atoms with Gasteiger partial charge < -0.3 is 0 Å². The Morgan fingerprint density at radius 3 is 1.53 bits per heavy atom. The van der Waals surface area contributed by atoms with Crippen LogP contribution in [0.4, 0.5) is 0 Å². The van der Waals surface area contributed by atoms with Crippen molar-refractivity contribution < 1.29 is 0 Å². The van der Waals surface area contributed by atoms with Crippen molar-refractivity contribution in [3.8, 4) is 39.9 Å². The van der Waals surface area contributed by atoms with E-state index in [-0.39, 0.29) is 0 Å². The molecule has 0 radical (unpaired) electrons. The summed E-state index contributed by atoms with van der Waals surface area (Å²) < 4.78 is 4.89. The first-order valence-corrected chi connectivity index (χ1v) is 22.1. The summed E-state index contributed by atoms with van der Waals surface area (Å²) in [7, 11) is 0. The van der Waals surface area contributed by atoms with Gasteiger partial charge in [0, 0.05) is 53.0 Å². The fraction of sp³-hybridized carbons (Fsp3) is 0.0351. The molecule has 0 amide bonds. The highest BCUT2D eigenvalue weighted by Crippen LogP contribution is 2.47. The van der Waals surface area contributed by atoms with Crippen molar-refractivity contribution in [1.29, 1.82) is 0 Å². The van der Waals surface area contributed by atoms with Crippen LogP contribution in [0.1, 0.15) is 13.8 Å². The Labute approximate surface area is 362 Å². The Bertz CT molecular complexity index is 3820. The summed E-state index contributed by atoms with van der Waals surface area (Å²) in [5.74, 6) is 1.82. The number of aromatic nitrogens is 4. The van der Waals surface area contributed by atoms with Crippen LogP contribution in [0, 0.1) is 0 Å². The molecule has 3 aromatic heterocycles. The van der Waals surface area contributed by atoms with Crippen LogP contribution in [0.5, 0.6) is 0 Å². The van der Waals surface area contributed by atoms with Crippen LogP contribution < -0.4 is 0 Å². The molecule has 0 fully saturated rings. The highest BCUT2D eigenvalue weighted by atomic mass is 32.1. The Morgan fingerprint density at radius 1 is 0.355 bits per heavy atom. The molecular formula is C57H38N4S. The van der Waals surface area contributed by atoms with E-state index >= 15 is 0 Å². The first kappa shape index (κ1) is 36.1. The number of hydrogen-bond donors (Lipinski definition) is 0. The molecule has 5 heteroatoms. The predicted molar refractivity (Wildman–Crippen MR) is 265 cm³/mol. The third kappa shape index (κ3) is 5.56. The first-order chi connectivity index (χ1) is 30.7. The Hall–Kier alpha value is -7.73. The normalized spacial score (nSPS) is 11.7. The second-order valence-electron chi connectivity index (χ2n) is 15.5. The van der Waals surface area contributed by atoms with Gasteiger partial charge in [-0.05, 0) is 67.5 Å². The van der Waals surface area contributed by atoms with Gasteiger partial charge in [0.2, 0.25) is 5.95 Å². The van der Waals surface area contributed by atoms with Crippen LogP contribution >= 0.6 is 11.3 Å². The van der Waals surface area contributed by atoms with Gasteiger partial charge in [0.05, 0.1) is 11.0 Å². The van der Waals surface area contributed by atoms with Crippen LogP contribution in [-0.4, -0.2) is 19.5 Å². The molecule has 4 nitrogen and oxygen atoms in total. The van der Waals surface area contributed by atoms with E-state index in [1.165, 1.54) is 58.1 Å². The predicted octanol–water partition coefficient (Wildman–Crippen LogP) is 16.0. The third-order valence-electron chi connectivity index (χ3n) is 12.2. The molecule has 0 aliphatic carbocycles. The number of hydrogen-bond acceptors (Lipinski definition) is 4. The largest absolute Gasteiger partial charge is 0.277 e. The molecule has 10 aromatic carbocycles. The van der Waals surface area contributed by atoms with Gasteiger partial charge in [0.25, 0.3) is 0 Å². The van der Waals surface area contributed by atoms with Crippen LogP contribution in [0.2, 0.25) is 0 Å². The highest BCUT2D eigenvalue weighted by Gasteiger charge is 2.25. The quantitative estimate of drug-likeness (QED) is 0.166. The van der Waals surface area contributed by atoms with Gasteiger partial charge in [-0.15, -0.1) is 11.3 Å². The summed E-state index contributed by atoms with van der Waals surface area (Å²) >= 11 is 1.85. The number of fused-ring (bicyclic) bond motifs is 13. The van der Waals surface area contributed by atoms with Crippen LogP contribution in [-0.2, 0) is 0 Å². The molecule has 0 bridgehead atoms. The minimum atomic E-state index is 0.576. The number of benzene rings is 10. The molecule has 0 atom stereocenters. The van der Waals surface area contributed by atoms with E-state index in [9.17, 15) is 0 Å². The average molecular weight is 811 g/mol. The lowest BCUT2D eigenvalue weighted by molar-refractivity contribution is 0.956. The zero-order chi connectivity index (χ0) is 41.3. The molecule has 62 heavy (non-hydrogen) atoms. The molecule has 292 valence electrons. The number of rotatable bonds is 4. The number of para-hydroxylation sites is 1. The van der Waals surface area contributed by atoms with Gasteiger partial charge in [-0.25, -0.2) is 4.98 Å². The lowest BCUT2D eigenvalue weighted by Crippen LogP contribution is -2.07. The lowest BCUT2D eigenvalue weighted by atomic mass is 9.95. The second kappa shape index (κ2) is 14.5. The van der Waals surface area contributed by atoms with Crippen molar-refractivity contribution in [2.75, 3.05) is 0 Å². The minimum Gasteiger partial charge on any atom is -0.277 e. The summed E-state index contributed by atoms with van der Waals surface area (Å²) in [5, 5.41) is 14.2. The van der Waals surface area contributed by atoms with Crippen molar-refractivity contribution in [2.24, 2.45) is 0 Å². The maximum absolute atomic E-state index is 5.51. The standard InChI is InChI=1S/C55H32N4S.C2H6/c1-3-15-35-31-37(29-27-33(35)13-1)53-56-54(38-30-28-34-14-2-4-16-36(34)32-38)58-55(57-53)59-51-44(42-22-12-26-48-49(42)45-21-9-10-25-47(45)60-48)23-11-24-46(51)50-41-19-7-5-17-39(41)40-18-6-8-20-43(40)52(50)59;1-2/h1-32H;1-2H3. The molecule has 13 aromatic rings. The van der Waals surface area contributed by atoms with Gasteiger partial charge in [0.1, 0.15) is 0 Å². The summed E-state index contributed by atoms with van der Waals surface area (Å²) in [6.45, 7) is 4.00. The van der Waals surface area contributed by atoms with Crippen molar-refractivity contribution in [3.63, 3.8) is 0 Å². The Kier molecular flexibility index (Phi) is 8.44. The zero-order valence-electron chi connectivity index (χ0n) is 34.2. The number of thiophene rings is 1. The lowest BCUT2D eigenvalue weighted by Gasteiger charge is -2.15. The van der Waals surface area contributed by atoms with Crippen molar-refractivity contribution in [3.05, 3.63) is 194 Å². The maximum Gasteiger partial charge on any atom is 0.238 e. The van der Waals surface area contributed by atoms with E-state index in [4.69, 9.17) is 15.0 Å². The van der Waals surface area contributed by atoms with Crippen molar-refractivity contribution >= 4 is 96.4 Å². The van der Waals surface area contributed by atoms with Gasteiger partial charge in [-0.3, -0.25) is 4.57 Å². The molecule has 0 saturated carbocycles. The molecule has 0 aliphatic rings. The molecule has 13 rings (SSSR count). The Morgan fingerprint density at radius 2 is 0.855 bits per heavy atom. The summed E-state index contributed by atoms with van der Waals surface area (Å²) in [5.41, 5.74) is 6.33. The second-order valence-corrected chi connectivity index (χ2v) is 16.6. The van der Waals surface area contributed by atoms with Gasteiger partial charge >= 0.3 is 0 Å². The Balaban J connectivity index is 0.00000202. The topological polar surface area (TPSA) is 43.6 Å². The fourth-order valence-electron chi connectivity index (χ4n) is 9.52. The van der Waals surface area contributed by atoms with E-state index in [0.717, 1.165) is 49.3 Å². The summed E-state index contributed by atoms with van der Waals surface area (Å²) in [6, 6.07) is 69.7. The molecule has 3 heterocycles. The first-order valence-electron chi connectivity index (χ1n) is 21.3. The van der Waals surface area contributed by atoms with Crippen molar-refractivity contribution in [2.45, 2.75) is 13.8 Å². The van der Waals surface area contributed by atoms with Crippen molar-refractivity contribution in [1.82, 2.24) is 19.5 Å². The van der Waals surface area contributed by atoms with Gasteiger partial charge in [-0.2, -0.15) is 9.97 Å². The van der Waals surface area contributed by atoms with E-state index in [1.54, 1.807) is 0 Å². The molecule has 0 spiro atoms. The van der Waals surface area contributed by atoms with E-state index in [1.807, 2.05) is 25.2 Å².